The van der Waals surface area contributed by atoms with Crippen LogP contribution in [0.1, 0.15) is 117 Å². The van der Waals surface area contributed by atoms with Gasteiger partial charge in [-0.3, -0.25) is 24.2 Å². The maximum absolute atomic E-state index is 13.7. The summed E-state index contributed by atoms with van der Waals surface area (Å²) in [5.41, 5.74) is 12.1. The molecule has 3 N–H and O–H groups in total. The fourth-order valence-corrected chi connectivity index (χ4v) is 11.2. The summed E-state index contributed by atoms with van der Waals surface area (Å²) < 4.78 is 32.4. The van der Waals surface area contributed by atoms with Gasteiger partial charge in [0.25, 0.3) is 11.1 Å². The number of ether oxygens (including phenoxy) is 2. The number of nitrogens with zero attached hydrogens (tertiary/aromatic N) is 3. The SMILES string of the molecule is COc1cc(C)[nH]c(=O)c1CCC(=O)c1c(C)n(C(C)C2CCNc3ccccc32)c2ccccc12.COc1cc(C)[nH]c(=O)c1CCC(=O)c1c(C)n(C(C)c2ccnc3ccccc23)c2ccccc12.[O]=[Pt]=[O]. The first-order chi connectivity index (χ1) is 36.2. The first-order valence-corrected chi connectivity index (χ1v) is 26.9. The number of ketones is 2. The van der Waals surface area contributed by atoms with Crippen molar-refractivity contribution in [2.45, 2.75) is 91.6 Å². The molecule has 1 aliphatic rings. The summed E-state index contributed by atoms with van der Waals surface area (Å²) in [6.07, 6.45) is 3.96. The molecule has 14 nitrogen and oxygen atoms in total. The number of anilines is 1. The molecule has 0 saturated carbocycles. The van der Waals surface area contributed by atoms with E-state index in [0.29, 0.717) is 46.9 Å². The molecule has 0 amide bonds. The zero-order valence-corrected chi connectivity index (χ0v) is 45.7. The maximum atomic E-state index is 13.7. The predicted octanol–water partition coefficient (Wildman–Crippen LogP) is 11.6. The molecular formula is C60H62N6O8Pt. The Morgan fingerprint density at radius 3 is 1.71 bits per heavy atom. The second-order valence-electron chi connectivity index (χ2n) is 19.0. The van der Waals surface area contributed by atoms with Gasteiger partial charge in [-0.2, -0.15) is 0 Å². The third kappa shape index (κ3) is 10.9. The molecule has 0 radical (unpaired) electrons. The van der Waals surface area contributed by atoms with Crippen LogP contribution >= 0.6 is 0 Å². The van der Waals surface area contributed by atoms with Crippen LogP contribution in [-0.2, 0) is 38.1 Å². The molecule has 1 aliphatic heterocycles. The van der Waals surface area contributed by atoms with Crippen molar-refractivity contribution in [3.63, 3.8) is 0 Å². The summed E-state index contributed by atoms with van der Waals surface area (Å²) in [5, 5.41) is 6.52. The van der Waals surface area contributed by atoms with Crippen LogP contribution in [0.25, 0.3) is 32.7 Å². The first-order valence-electron chi connectivity index (χ1n) is 25.0. The molecule has 3 unspecified atom stereocenters. The summed E-state index contributed by atoms with van der Waals surface area (Å²) in [6.45, 7) is 13.0. The molecule has 0 bridgehead atoms. The number of hydrogen-bond acceptors (Lipinski definition) is 10. The predicted molar refractivity (Wildman–Crippen MR) is 289 cm³/mol. The van der Waals surface area contributed by atoms with E-state index in [0.717, 1.165) is 79.6 Å². The van der Waals surface area contributed by atoms with Crippen molar-refractivity contribution in [3.05, 3.63) is 198 Å². The van der Waals surface area contributed by atoms with Crippen LogP contribution in [0.3, 0.4) is 0 Å². The third-order valence-corrected chi connectivity index (χ3v) is 14.6. The van der Waals surface area contributed by atoms with Gasteiger partial charge in [0.1, 0.15) is 11.5 Å². The molecule has 0 fully saturated rings. The van der Waals surface area contributed by atoms with Crippen LogP contribution in [0.2, 0.25) is 0 Å². The number of Topliss-reactive ketones (excluding diaryl/α,β-unsaturated/α-hetero) is 2. The molecule has 9 aromatic rings. The summed E-state index contributed by atoms with van der Waals surface area (Å²) in [4.78, 5) is 62.6. The molecule has 0 spiro atoms. The molecule has 75 heavy (non-hydrogen) atoms. The number of methoxy groups -OCH3 is 2. The average molecular weight is 1190 g/mol. The number of aryl methyl sites for hydroxylation is 2. The van der Waals surface area contributed by atoms with E-state index in [1.807, 2.05) is 81.6 Å². The zero-order valence-electron chi connectivity index (χ0n) is 43.4. The van der Waals surface area contributed by atoms with E-state index in [1.54, 1.807) is 26.4 Å². The van der Waals surface area contributed by atoms with Gasteiger partial charge in [0, 0.05) is 104 Å². The number of carbonyl (C=O) groups excluding carboxylic acids is 2. The van der Waals surface area contributed by atoms with Crippen molar-refractivity contribution in [3.8, 4) is 11.5 Å². The molecule has 15 heteroatoms. The molecule has 390 valence electrons. The van der Waals surface area contributed by atoms with Crippen molar-refractivity contribution in [2.24, 2.45) is 0 Å². The molecule has 10 rings (SSSR count). The number of aromatic nitrogens is 5. The minimum atomic E-state index is -1.92. The number of nitrogens with one attached hydrogen (secondary N) is 3. The van der Waals surface area contributed by atoms with Crippen molar-refractivity contribution >= 4 is 50.0 Å². The van der Waals surface area contributed by atoms with Crippen LogP contribution in [0.4, 0.5) is 5.69 Å². The minimum absolute atomic E-state index is 0.00983. The molecule has 0 aliphatic carbocycles. The van der Waals surface area contributed by atoms with E-state index in [4.69, 9.17) is 16.3 Å². The van der Waals surface area contributed by atoms with Crippen LogP contribution in [-0.4, -0.2) is 56.4 Å². The van der Waals surface area contributed by atoms with Crippen molar-refractivity contribution in [1.29, 1.82) is 0 Å². The number of aromatic amines is 2. The van der Waals surface area contributed by atoms with Gasteiger partial charge in [-0.05, 0) is 114 Å². The summed E-state index contributed by atoms with van der Waals surface area (Å²) in [7, 11) is 3.10. The second-order valence-corrected chi connectivity index (χ2v) is 19.4. The van der Waals surface area contributed by atoms with Crippen molar-refractivity contribution < 1.29 is 44.3 Å². The fourth-order valence-electron chi connectivity index (χ4n) is 11.2. The van der Waals surface area contributed by atoms with Gasteiger partial charge in [0.05, 0.1) is 36.9 Å². The van der Waals surface area contributed by atoms with Crippen molar-refractivity contribution in [2.75, 3.05) is 26.1 Å². The number of hydrogen-bond donors (Lipinski definition) is 3. The Kier molecular flexibility index (Phi) is 16.9. The van der Waals surface area contributed by atoms with Gasteiger partial charge < -0.3 is 33.9 Å². The normalized spacial score (nSPS) is 13.7. The van der Waals surface area contributed by atoms with E-state index in [9.17, 15) is 19.2 Å². The number of rotatable bonds is 14. The van der Waals surface area contributed by atoms with E-state index in [1.165, 1.54) is 11.3 Å². The van der Waals surface area contributed by atoms with Gasteiger partial charge >= 0.3 is 25.3 Å². The van der Waals surface area contributed by atoms with Gasteiger partial charge in [-0.15, -0.1) is 0 Å². The van der Waals surface area contributed by atoms with E-state index >= 15 is 0 Å². The Morgan fingerprint density at radius 2 is 1.15 bits per heavy atom. The number of fused-ring (bicyclic) bond motifs is 4. The molecule has 3 atom stereocenters. The van der Waals surface area contributed by atoms with E-state index in [-0.39, 0.29) is 47.6 Å². The van der Waals surface area contributed by atoms with Crippen LogP contribution in [0.5, 0.6) is 11.5 Å². The van der Waals surface area contributed by atoms with Gasteiger partial charge in [-0.25, -0.2) is 0 Å². The van der Waals surface area contributed by atoms with E-state index < -0.39 is 18.5 Å². The number of para-hydroxylation sites is 4. The van der Waals surface area contributed by atoms with Crippen LogP contribution in [0.15, 0.2) is 131 Å². The summed E-state index contributed by atoms with van der Waals surface area (Å²) >= 11 is -1.92. The number of benzene rings is 4. The first kappa shape index (κ1) is 53.6. The second kappa shape index (κ2) is 23.7. The molecule has 4 aromatic carbocycles. The zero-order chi connectivity index (χ0) is 53.5. The quantitative estimate of drug-likeness (QED) is 0.0884. The molecule has 5 aromatic heterocycles. The Bertz CT molecular complexity index is 3750. The topological polar surface area (TPSA) is 187 Å². The van der Waals surface area contributed by atoms with Crippen LogP contribution in [0, 0.1) is 27.7 Å². The molecule has 0 saturated heterocycles. The standard InChI is InChI=1S/C30H33N3O3.C30H29N3O3.2O.Pt/c2*1-18-17-28(36-4)24(30(35)32-18)13-14-27(34)29-20(3)33(26-12-8-6-10-23(26)29)19(2)21-15-16-31-25-11-7-5-9-22(21)25;;;/h5-12,17,19,21,31H,13-16H2,1-4H3,(H,32,35);5-12,15-17,19H,13-14H2,1-4H3,(H,32,35);;;. The van der Waals surface area contributed by atoms with Gasteiger partial charge in [0.2, 0.25) is 0 Å². The van der Waals surface area contributed by atoms with Gasteiger partial charge in [-0.1, -0.05) is 72.8 Å². The number of H-pyrrole nitrogens is 2. The summed E-state index contributed by atoms with van der Waals surface area (Å²) in [5.74, 6) is 1.44. The Hall–Kier alpha value is -7.70. The Balaban J connectivity index is 0.000000189. The monoisotopic (exact) mass is 1190 g/mol. The Morgan fingerprint density at radius 1 is 0.667 bits per heavy atom. The third-order valence-electron chi connectivity index (χ3n) is 14.6. The summed E-state index contributed by atoms with van der Waals surface area (Å²) in [6, 6.07) is 38.7. The van der Waals surface area contributed by atoms with Crippen LogP contribution < -0.4 is 25.9 Å². The van der Waals surface area contributed by atoms with Crippen molar-refractivity contribution in [1.82, 2.24) is 24.1 Å². The average Bonchev–Trinajstić information content (AvgIpc) is 3.89. The molecular weight excluding hydrogens is 1130 g/mol. The number of carbonyl (C=O) groups is 2. The molecule has 6 heterocycles. The Labute approximate surface area is 443 Å². The van der Waals surface area contributed by atoms with E-state index in [2.05, 4.69) is 98.7 Å². The van der Waals surface area contributed by atoms with Gasteiger partial charge in [0.15, 0.2) is 11.6 Å². The number of pyridine rings is 3. The fraction of sp³-hybridized carbons (Fsp3) is 0.283.